The van der Waals surface area contributed by atoms with Crippen molar-refractivity contribution >= 4 is 58.2 Å². The number of amides is 2. The zero-order valence-corrected chi connectivity index (χ0v) is 16.2. The molecular formula is C16H15Cl2NO6S. The zero-order chi connectivity index (χ0) is 19.3. The number of carbonyl (C=O) groups excluding carboxylic acids is 3. The van der Waals surface area contributed by atoms with Crippen LogP contribution in [-0.2, 0) is 19.1 Å². The van der Waals surface area contributed by atoms with Gasteiger partial charge in [0.25, 0.3) is 11.1 Å². The number of hydrogen-bond donors (Lipinski definition) is 0. The molecule has 26 heavy (non-hydrogen) atoms. The first kappa shape index (κ1) is 20.6. The first-order chi connectivity index (χ1) is 12.4. The van der Waals surface area contributed by atoms with Gasteiger partial charge in [0.2, 0.25) is 0 Å². The van der Waals surface area contributed by atoms with Gasteiger partial charge in [0.05, 0.1) is 35.2 Å². The normalized spacial score (nSPS) is 15.7. The number of carbonyl (C=O) groups is 3. The van der Waals surface area contributed by atoms with Crippen molar-refractivity contribution in [1.82, 2.24) is 4.90 Å². The van der Waals surface area contributed by atoms with Crippen LogP contribution in [0.15, 0.2) is 17.0 Å². The maximum atomic E-state index is 12.3. The second kappa shape index (κ2) is 9.27. The van der Waals surface area contributed by atoms with E-state index in [1.54, 1.807) is 0 Å². The summed E-state index contributed by atoms with van der Waals surface area (Å²) in [4.78, 5) is 36.7. The van der Waals surface area contributed by atoms with Gasteiger partial charge in [0.15, 0.2) is 12.4 Å². The van der Waals surface area contributed by atoms with Gasteiger partial charge in [-0.2, -0.15) is 0 Å². The van der Waals surface area contributed by atoms with Crippen molar-refractivity contribution in [3.8, 4) is 5.75 Å². The molecule has 2 amide bonds. The topological polar surface area (TPSA) is 82.1 Å². The summed E-state index contributed by atoms with van der Waals surface area (Å²) in [6, 6.07) is 3.03. The summed E-state index contributed by atoms with van der Waals surface area (Å²) in [7, 11) is 2.72. The van der Waals surface area contributed by atoms with Gasteiger partial charge in [-0.3, -0.25) is 14.5 Å². The highest BCUT2D eigenvalue weighted by Gasteiger charge is 2.34. The summed E-state index contributed by atoms with van der Waals surface area (Å²) in [5.74, 6) is -0.856. The van der Waals surface area contributed by atoms with E-state index in [0.717, 1.165) is 16.7 Å². The molecule has 0 atom stereocenters. The largest absolute Gasteiger partial charge is 0.479 e. The highest BCUT2D eigenvalue weighted by atomic mass is 35.5. The maximum Gasteiger partial charge on any atom is 0.343 e. The van der Waals surface area contributed by atoms with Gasteiger partial charge in [0, 0.05) is 7.11 Å². The number of benzene rings is 1. The minimum absolute atomic E-state index is 0.129. The van der Waals surface area contributed by atoms with Crippen LogP contribution in [0.2, 0.25) is 10.0 Å². The SMILES string of the molecule is COCCN1C(=O)S/C(=C/c2cc(Cl)c(OCC(=O)OC)c(Cl)c2)C1=O. The molecule has 7 nitrogen and oxygen atoms in total. The lowest BCUT2D eigenvalue weighted by molar-refractivity contribution is -0.142. The van der Waals surface area contributed by atoms with E-state index in [-0.39, 0.29) is 45.7 Å². The molecule has 1 aliphatic rings. The summed E-state index contributed by atoms with van der Waals surface area (Å²) < 4.78 is 14.6. The molecule has 0 saturated carbocycles. The molecule has 1 heterocycles. The summed E-state index contributed by atoms with van der Waals surface area (Å²) >= 11 is 13.1. The Morgan fingerprint density at radius 2 is 1.88 bits per heavy atom. The number of ether oxygens (including phenoxy) is 3. The molecule has 0 N–H and O–H groups in total. The molecule has 140 valence electrons. The number of esters is 1. The summed E-state index contributed by atoms with van der Waals surface area (Å²) in [6.07, 6.45) is 1.51. The van der Waals surface area contributed by atoms with E-state index in [4.69, 9.17) is 32.7 Å². The molecule has 1 saturated heterocycles. The van der Waals surface area contributed by atoms with Crippen LogP contribution in [0.3, 0.4) is 0 Å². The van der Waals surface area contributed by atoms with Crippen molar-refractivity contribution < 1.29 is 28.6 Å². The third kappa shape index (κ3) is 4.91. The minimum Gasteiger partial charge on any atom is -0.479 e. The monoisotopic (exact) mass is 419 g/mol. The van der Waals surface area contributed by atoms with Gasteiger partial charge in [0.1, 0.15) is 0 Å². The predicted octanol–water partition coefficient (Wildman–Crippen LogP) is 3.23. The Morgan fingerprint density at radius 1 is 1.23 bits per heavy atom. The molecule has 10 heteroatoms. The maximum absolute atomic E-state index is 12.3. The lowest BCUT2D eigenvalue weighted by Crippen LogP contribution is -2.31. The lowest BCUT2D eigenvalue weighted by atomic mass is 10.2. The first-order valence-corrected chi connectivity index (χ1v) is 8.87. The number of halogens is 2. The number of nitrogens with zero attached hydrogens (tertiary/aromatic N) is 1. The minimum atomic E-state index is -0.578. The standard InChI is InChI=1S/C16H15Cl2NO6S/c1-23-4-3-19-15(21)12(26-16(19)22)7-9-5-10(17)14(11(18)6-9)25-8-13(20)24-2/h5-7H,3-4,8H2,1-2H3/b12-7+. The predicted molar refractivity (Wildman–Crippen MR) is 98.5 cm³/mol. The van der Waals surface area contributed by atoms with Gasteiger partial charge in [-0.25, -0.2) is 4.79 Å². The van der Waals surface area contributed by atoms with E-state index in [1.807, 2.05) is 0 Å². The Balaban J connectivity index is 2.19. The van der Waals surface area contributed by atoms with Crippen LogP contribution in [0.1, 0.15) is 5.56 Å². The van der Waals surface area contributed by atoms with Gasteiger partial charge >= 0.3 is 5.97 Å². The molecule has 1 aliphatic heterocycles. The Kier molecular flexibility index (Phi) is 7.33. The van der Waals surface area contributed by atoms with Crippen LogP contribution in [0.25, 0.3) is 6.08 Å². The number of thioether (sulfide) groups is 1. The molecule has 1 fully saturated rings. The fourth-order valence-electron chi connectivity index (χ4n) is 2.02. The van der Waals surface area contributed by atoms with Crippen LogP contribution in [0, 0.1) is 0 Å². The Morgan fingerprint density at radius 3 is 2.46 bits per heavy atom. The quantitative estimate of drug-likeness (QED) is 0.495. The highest BCUT2D eigenvalue weighted by molar-refractivity contribution is 8.18. The van der Waals surface area contributed by atoms with Crippen molar-refractivity contribution in [2.75, 3.05) is 34.0 Å². The molecule has 2 rings (SSSR count). The molecule has 0 aromatic heterocycles. The number of methoxy groups -OCH3 is 2. The van der Waals surface area contributed by atoms with Crippen molar-refractivity contribution in [3.63, 3.8) is 0 Å². The van der Waals surface area contributed by atoms with Crippen molar-refractivity contribution in [2.24, 2.45) is 0 Å². The molecule has 1 aromatic carbocycles. The lowest BCUT2D eigenvalue weighted by Gasteiger charge is -2.11. The zero-order valence-electron chi connectivity index (χ0n) is 13.9. The number of hydrogen-bond acceptors (Lipinski definition) is 7. The van der Waals surface area contributed by atoms with E-state index in [2.05, 4.69) is 4.74 Å². The van der Waals surface area contributed by atoms with E-state index in [0.29, 0.717) is 5.56 Å². The molecule has 0 aliphatic carbocycles. The summed E-state index contributed by atoms with van der Waals surface area (Å²) in [5, 5.41) is -0.0499. The second-order valence-corrected chi connectivity index (χ2v) is 6.81. The van der Waals surface area contributed by atoms with Gasteiger partial charge in [-0.15, -0.1) is 0 Å². The summed E-state index contributed by atoms with van der Waals surface area (Å²) in [5.41, 5.74) is 0.516. The third-order valence-electron chi connectivity index (χ3n) is 3.27. The van der Waals surface area contributed by atoms with E-state index in [1.165, 1.54) is 32.4 Å². The van der Waals surface area contributed by atoms with Crippen molar-refractivity contribution in [3.05, 3.63) is 32.6 Å². The van der Waals surface area contributed by atoms with E-state index in [9.17, 15) is 14.4 Å². The fourth-order valence-corrected chi connectivity index (χ4v) is 3.50. The van der Waals surface area contributed by atoms with Crippen molar-refractivity contribution in [1.29, 1.82) is 0 Å². The Bertz CT molecular complexity index is 744. The van der Waals surface area contributed by atoms with E-state index >= 15 is 0 Å². The first-order valence-electron chi connectivity index (χ1n) is 7.30. The van der Waals surface area contributed by atoms with Crippen LogP contribution >= 0.6 is 35.0 Å². The third-order valence-corrected chi connectivity index (χ3v) is 4.74. The van der Waals surface area contributed by atoms with Crippen LogP contribution in [0.4, 0.5) is 4.79 Å². The second-order valence-electron chi connectivity index (χ2n) is 5.00. The van der Waals surface area contributed by atoms with Crippen LogP contribution in [-0.4, -0.2) is 56.0 Å². The molecule has 0 spiro atoms. The average molecular weight is 420 g/mol. The molecule has 0 unspecified atom stereocenters. The van der Waals surface area contributed by atoms with Crippen LogP contribution in [0.5, 0.6) is 5.75 Å². The number of imide groups is 1. The Hall–Kier alpha value is -1.74. The smallest absolute Gasteiger partial charge is 0.343 e. The molecule has 1 aromatic rings. The number of rotatable bonds is 7. The molecule has 0 radical (unpaired) electrons. The Labute approximate surface area is 164 Å². The fraction of sp³-hybridized carbons (Fsp3) is 0.312. The van der Waals surface area contributed by atoms with Gasteiger partial charge in [-0.05, 0) is 35.5 Å². The molecule has 0 bridgehead atoms. The van der Waals surface area contributed by atoms with Gasteiger partial charge < -0.3 is 14.2 Å². The highest BCUT2D eigenvalue weighted by Crippen LogP contribution is 2.37. The van der Waals surface area contributed by atoms with E-state index < -0.39 is 11.9 Å². The average Bonchev–Trinajstić information content (AvgIpc) is 2.85. The summed E-state index contributed by atoms with van der Waals surface area (Å²) in [6.45, 7) is 0.100. The van der Waals surface area contributed by atoms with Crippen LogP contribution < -0.4 is 4.74 Å². The van der Waals surface area contributed by atoms with Crippen molar-refractivity contribution in [2.45, 2.75) is 0 Å². The molecular weight excluding hydrogens is 405 g/mol. The van der Waals surface area contributed by atoms with Gasteiger partial charge in [-0.1, -0.05) is 23.2 Å².